The Morgan fingerprint density at radius 1 is 1.25 bits per heavy atom. The van der Waals surface area contributed by atoms with Gasteiger partial charge in [-0.1, -0.05) is 25.0 Å². The van der Waals surface area contributed by atoms with Crippen LogP contribution in [0.2, 0.25) is 0 Å². The van der Waals surface area contributed by atoms with Crippen molar-refractivity contribution in [3.05, 3.63) is 36.0 Å². The highest BCUT2D eigenvalue weighted by Crippen LogP contribution is 2.42. The van der Waals surface area contributed by atoms with Crippen LogP contribution < -0.4 is 10.1 Å². The largest absolute Gasteiger partial charge is 0.497 e. The Morgan fingerprint density at radius 3 is 2.46 bits per heavy atom. The fourth-order valence-corrected chi connectivity index (χ4v) is 3.35. The molecule has 0 radical (unpaired) electrons. The molecule has 2 aromatic rings. The van der Waals surface area contributed by atoms with E-state index in [9.17, 15) is 4.79 Å². The van der Waals surface area contributed by atoms with Gasteiger partial charge in [-0.2, -0.15) is 9.90 Å². The Bertz CT molecular complexity index is 700. The number of carbonyl (C=O) groups excluding carboxylic acids is 1. The number of methoxy groups -OCH3 is 1. The quantitative estimate of drug-likeness (QED) is 0.914. The number of ether oxygens (including phenoxy) is 1. The van der Waals surface area contributed by atoms with Gasteiger partial charge in [0, 0.05) is 0 Å². The fourth-order valence-electron chi connectivity index (χ4n) is 3.35. The van der Waals surface area contributed by atoms with Crippen molar-refractivity contribution in [1.29, 1.82) is 0 Å². The Kier molecular flexibility index (Phi) is 4.55. The molecule has 0 atom stereocenters. The van der Waals surface area contributed by atoms with Crippen LogP contribution in [-0.4, -0.2) is 28.0 Å². The molecule has 0 unspecified atom stereocenters. The molecule has 24 heavy (non-hydrogen) atoms. The van der Waals surface area contributed by atoms with Crippen LogP contribution >= 0.6 is 0 Å². The second-order valence-electron chi connectivity index (χ2n) is 6.62. The average Bonchev–Trinajstić information content (AvgIpc) is 3.25. The third-order valence-corrected chi connectivity index (χ3v) is 4.75. The van der Waals surface area contributed by atoms with Crippen molar-refractivity contribution < 1.29 is 9.53 Å². The molecule has 1 aromatic carbocycles. The third-order valence-electron chi connectivity index (χ3n) is 4.75. The topological polar surface area (TPSA) is 69.0 Å². The van der Waals surface area contributed by atoms with Crippen molar-refractivity contribution in [3.63, 3.8) is 0 Å². The number of hydrogen-bond donors (Lipinski definition) is 1. The number of rotatable bonds is 5. The van der Waals surface area contributed by atoms with E-state index in [0.717, 1.165) is 37.0 Å². The zero-order chi connectivity index (χ0) is 17.2. The van der Waals surface area contributed by atoms with Crippen LogP contribution in [0.4, 0.5) is 5.82 Å². The maximum absolute atomic E-state index is 13.1. The molecule has 0 saturated heterocycles. The Balaban J connectivity index is 1.84. The number of amides is 1. The molecule has 0 spiro atoms. The predicted octanol–water partition coefficient (Wildman–Crippen LogP) is 3.32. The molecule has 1 aliphatic carbocycles. The van der Waals surface area contributed by atoms with Gasteiger partial charge in [0.15, 0.2) is 5.82 Å². The molecular formula is C18H24N4O2. The highest BCUT2D eigenvalue weighted by atomic mass is 16.5. The molecule has 1 fully saturated rings. The van der Waals surface area contributed by atoms with Gasteiger partial charge >= 0.3 is 0 Å². The van der Waals surface area contributed by atoms with Crippen molar-refractivity contribution in [2.24, 2.45) is 0 Å². The summed E-state index contributed by atoms with van der Waals surface area (Å²) in [5, 5.41) is 11.5. The molecule has 1 heterocycles. The van der Waals surface area contributed by atoms with Crippen LogP contribution in [0.1, 0.15) is 51.1 Å². The van der Waals surface area contributed by atoms with Crippen molar-refractivity contribution in [1.82, 2.24) is 15.0 Å². The number of hydrogen-bond acceptors (Lipinski definition) is 4. The lowest BCUT2D eigenvalue weighted by Gasteiger charge is -2.28. The first kappa shape index (κ1) is 16.5. The van der Waals surface area contributed by atoms with Crippen LogP contribution in [0.5, 0.6) is 5.75 Å². The summed E-state index contributed by atoms with van der Waals surface area (Å²) in [4.78, 5) is 14.7. The fraction of sp³-hybridized carbons (Fsp3) is 0.500. The first-order valence-electron chi connectivity index (χ1n) is 8.43. The van der Waals surface area contributed by atoms with E-state index in [-0.39, 0.29) is 11.9 Å². The smallest absolute Gasteiger partial charge is 0.236 e. The Morgan fingerprint density at radius 2 is 1.92 bits per heavy atom. The summed E-state index contributed by atoms with van der Waals surface area (Å²) in [6.07, 6.45) is 5.41. The van der Waals surface area contributed by atoms with E-state index in [2.05, 4.69) is 15.5 Å². The summed E-state index contributed by atoms with van der Waals surface area (Å²) in [6.45, 7) is 4.00. The van der Waals surface area contributed by atoms with Gasteiger partial charge in [-0.15, -0.1) is 5.10 Å². The van der Waals surface area contributed by atoms with E-state index in [1.165, 1.54) is 0 Å². The highest BCUT2D eigenvalue weighted by Gasteiger charge is 2.43. The minimum absolute atomic E-state index is 0.000901. The van der Waals surface area contributed by atoms with Gasteiger partial charge in [0.2, 0.25) is 5.91 Å². The molecular weight excluding hydrogens is 304 g/mol. The molecule has 1 amide bonds. The lowest BCUT2D eigenvalue weighted by Crippen LogP contribution is -2.38. The lowest BCUT2D eigenvalue weighted by molar-refractivity contribution is -0.121. The van der Waals surface area contributed by atoms with Gasteiger partial charge in [0.25, 0.3) is 0 Å². The maximum Gasteiger partial charge on any atom is 0.236 e. The lowest BCUT2D eigenvalue weighted by atomic mass is 9.78. The molecule has 0 bridgehead atoms. The van der Waals surface area contributed by atoms with E-state index < -0.39 is 5.41 Å². The van der Waals surface area contributed by atoms with Gasteiger partial charge in [0.1, 0.15) is 5.75 Å². The molecule has 3 rings (SSSR count). The number of carbonyl (C=O) groups is 1. The van der Waals surface area contributed by atoms with Crippen molar-refractivity contribution in [2.75, 3.05) is 12.4 Å². The zero-order valence-corrected chi connectivity index (χ0v) is 14.5. The second kappa shape index (κ2) is 6.63. The normalized spacial score (nSPS) is 16.3. The summed E-state index contributed by atoms with van der Waals surface area (Å²) in [7, 11) is 1.64. The van der Waals surface area contributed by atoms with Crippen molar-refractivity contribution in [2.45, 2.75) is 51.0 Å². The number of nitrogens with zero attached hydrogens (tertiary/aromatic N) is 3. The van der Waals surface area contributed by atoms with Crippen LogP contribution in [0, 0.1) is 0 Å². The van der Waals surface area contributed by atoms with E-state index in [4.69, 9.17) is 4.74 Å². The van der Waals surface area contributed by atoms with Gasteiger partial charge < -0.3 is 10.1 Å². The van der Waals surface area contributed by atoms with Crippen LogP contribution in [0.25, 0.3) is 0 Å². The number of nitrogens with one attached hydrogen (secondary N) is 1. The first-order chi connectivity index (χ1) is 11.5. The Hall–Kier alpha value is -2.37. The van der Waals surface area contributed by atoms with Crippen molar-refractivity contribution >= 4 is 11.7 Å². The number of aromatic nitrogens is 3. The number of anilines is 1. The summed E-state index contributed by atoms with van der Waals surface area (Å²) in [5.41, 5.74) is 0.544. The maximum atomic E-state index is 13.1. The molecule has 0 aliphatic heterocycles. The van der Waals surface area contributed by atoms with Gasteiger partial charge in [-0.3, -0.25) is 4.79 Å². The average molecular weight is 328 g/mol. The monoisotopic (exact) mass is 328 g/mol. The van der Waals surface area contributed by atoms with E-state index >= 15 is 0 Å². The summed E-state index contributed by atoms with van der Waals surface area (Å²) in [6, 6.07) is 7.98. The van der Waals surface area contributed by atoms with Gasteiger partial charge in [-0.25, -0.2) is 0 Å². The minimum Gasteiger partial charge on any atom is -0.497 e. The second-order valence-corrected chi connectivity index (χ2v) is 6.62. The van der Waals surface area contributed by atoms with E-state index in [0.29, 0.717) is 5.82 Å². The van der Waals surface area contributed by atoms with Crippen LogP contribution in [0.15, 0.2) is 30.5 Å². The van der Waals surface area contributed by atoms with Gasteiger partial charge in [0.05, 0.1) is 24.8 Å². The number of benzene rings is 1. The predicted molar refractivity (Wildman–Crippen MR) is 92.2 cm³/mol. The summed E-state index contributed by atoms with van der Waals surface area (Å²) >= 11 is 0. The molecule has 6 heteroatoms. The third kappa shape index (κ3) is 3.00. The minimum atomic E-state index is -0.492. The molecule has 1 N–H and O–H groups in total. The Labute approximate surface area is 142 Å². The molecule has 1 aromatic heterocycles. The first-order valence-corrected chi connectivity index (χ1v) is 8.43. The molecule has 1 aliphatic rings. The van der Waals surface area contributed by atoms with Crippen LogP contribution in [-0.2, 0) is 10.2 Å². The van der Waals surface area contributed by atoms with Crippen molar-refractivity contribution in [3.8, 4) is 5.75 Å². The van der Waals surface area contributed by atoms with E-state index in [1.54, 1.807) is 18.1 Å². The summed E-state index contributed by atoms with van der Waals surface area (Å²) in [5.74, 6) is 1.31. The molecule has 1 saturated carbocycles. The highest BCUT2D eigenvalue weighted by molar-refractivity contribution is 5.98. The van der Waals surface area contributed by atoms with E-state index in [1.807, 2.05) is 38.1 Å². The van der Waals surface area contributed by atoms with Crippen LogP contribution in [0.3, 0.4) is 0 Å². The van der Waals surface area contributed by atoms with Gasteiger partial charge in [-0.05, 0) is 44.4 Å². The molecule has 128 valence electrons. The zero-order valence-electron chi connectivity index (χ0n) is 14.5. The SMILES string of the molecule is COc1ccc(C2(C(=O)Nc3cnn(C(C)C)n3)CCCC2)cc1. The standard InChI is InChI=1S/C18H24N4O2/c1-13(2)22-19-12-16(21-22)20-17(23)18(10-4-5-11-18)14-6-8-15(24-3)9-7-14/h6-9,12-13H,4-5,10-11H2,1-3H3,(H,20,21,23). The summed E-state index contributed by atoms with van der Waals surface area (Å²) < 4.78 is 5.22. The molecule has 6 nitrogen and oxygen atoms in total.